The van der Waals surface area contributed by atoms with E-state index in [4.69, 9.17) is 0 Å². The van der Waals surface area contributed by atoms with Crippen LogP contribution in [0.3, 0.4) is 0 Å². The zero-order valence-corrected chi connectivity index (χ0v) is 7.31. The average molecular weight is 169 g/mol. The maximum Gasteiger partial charge on any atom is 0.247 e. The average Bonchev–Trinajstić information content (AvgIpc) is 2.06. The molecule has 0 spiro atoms. The van der Waals surface area contributed by atoms with Crippen LogP contribution in [-0.4, -0.2) is 31.7 Å². The predicted octanol–water partition coefficient (Wildman–Crippen LogP) is -0.802. The molecular weight excluding hydrogens is 154 g/mol. The van der Waals surface area contributed by atoms with E-state index in [1.54, 1.807) is 6.92 Å². The number of piperazine rings is 1. The Morgan fingerprint density at radius 3 is 2.83 bits per heavy atom. The number of rotatable bonds is 2. The lowest BCUT2D eigenvalue weighted by Crippen LogP contribution is -2.57. The van der Waals surface area contributed by atoms with E-state index in [0.717, 1.165) is 19.6 Å². The summed E-state index contributed by atoms with van der Waals surface area (Å²) in [6.07, 6.45) is 0.0444. The quantitative estimate of drug-likeness (QED) is 0.474. The molecule has 12 heavy (non-hydrogen) atoms. The molecule has 4 heteroatoms. The summed E-state index contributed by atoms with van der Waals surface area (Å²) >= 11 is 0. The van der Waals surface area contributed by atoms with Crippen LogP contribution in [0.25, 0.3) is 0 Å². The number of nitrogens with one attached hydrogen (secondary N) is 3. The maximum atomic E-state index is 11.1. The van der Waals surface area contributed by atoms with E-state index in [2.05, 4.69) is 22.5 Å². The van der Waals surface area contributed by atoms with E-state index in [9.17, 15) is 4.79 Å². The van der Waals surface area contributed by atoms with Gasteiger partial charge in [-0.3, -0.25) is 10.1 Å². The van der Waals surface area contributed by atoms with Crippen LogP contribution in [-0.2, 0) is 4.79 Å². The molecule has 1 unspecified atom stereocenters. The van der Waals surface area contributed by atoms with Crippen molar-refractivity contribution in [3.05, 3.63) is 12.2 Å². The minimum atomic E-state index is -0.0869. The van der Waals surface area contributed by atoms with Gasteiger partial charge in [-0.2, -0.15) is 0 Å². The van der Waals surface area contributed by atoms with Gasteiger partial charge < -0.3 is 10.6 Å². The predicted molar refractivity (Wildman–Crippen MR) is 47.6 cm³/mol. The highest BCUT2D eigenvalue weighted by molar-refractivity contribution is 5.92. The van der Waals surface area contributed by atoms with Crippen molar-refractivity contribution in [1.29, 1.82) is 0 Å². The first kappa shape index (κ1) is 9.22. The number of hydrogen-bond donors (Lipinski definition) is 3. The first-order chi connectivity index (χ1) is 5.70. The molecule has 1 heterocycles. The van der Waals surface area contributed by atoms with Gasteiger partial charge in [-0.1, -0.05) is 6.58 Å². The number of hydrogen-bond acceptors (Lipinski definition) is 3. The van der Waals surface area contributed by atoms with Crippen LogP contribution in [0.4, 0.5) is 0 Å². The Hall–Kier alpha value is -0.870. The zero-order valence-electron chi connectivity index (χ0n) is 7.31. The highest BCUT2D eigenvalue weighted by Crippen LogP contribution is 1.88. The molecule has 0 bridgehead atoms. The van der Waals surface area contributed by atoms with Gasteiger partial charge in [0, 0.05) is 25.2 Å². The SMILES string of the molecule is C=C(C)C(=O)NC1CNCCN1. The van der Waals surface area contributed by atoms with Crippen molar-refractivity contribution in [1.82, 2.24) is 16.0 Å². The summed E-state index contributed by atoms with van der Waals surface area (Å²) in [7, 11) is 0. The van der Waals surface area contributed by atoms with Gasteiger partial charge in [0.05, 0.1) is 6.17 Å². The van der Waals surface area contributed by atoms with E-state index < -0.39 is 0 Å². The highest BCUT2D eigenvalue weighted by Gasteiger charge is 2.13. The third-order valence-electron chi connectivity index (χ3n) is 1.73. The summed E-state index contributed by atoms with van der Waals surface area (Å²) in [5, 5.41) is 9.15. The molecule has 0 aromatic heterocycles. The van der Waals surface area contributed by atoms with Crippen LogP contribution in [0.5, 0.6) is 0 Å². The Morgan fingerprint density at radius 2 is 2.33 bits per heavy atom. The van der Waals surface area contributed by atoms with E-state index in [0.29, 0.717) is 5.57 Å². The van der Waals surface area contributed by atoms with Crippen molar-refractivity contribution in [2.24, 2.45) is 0 Å². The lowest BCUT2D eigenvalue weighted by atomic mass is 10.3. The summed E-state index contributed by atoms with van der Waals surface area (Å²) in [5.41, 5.74) is 0.544. The standard InChI is InChI=1S/C8H15N3O/c1-6(2)8(12)11-7-5-9-3-4-10-7/h7,9-10H,1,3-5H2,2H3,(H,11,12). The van der Waals surface area contributed by atoms with Crippen LogP contribution >= 0.6 is 0 Å². The molecule has 3 N–H and O–H groups in total. The summed E-state index contributed by atoms with van der Waals surface area (Å²) in [4.78, 5) is 11.1. The van der Waals surface area contributed by atoms with Crippen molar-refractivity contribution in [2.45, 2.75) is 13.1 Å². The molecule has 1 aliphatic rings. The number of amides is 1. The Bertz CT molecular complexity index is 185. The second-order valence-electron chi connectivity index (χ2n) is 2.96. The largest absolute Gasteiger partial charge is 0.336 e. The van der Waals surface area contributed by atoms with Crippen molar-refractivity contribution >= 4 is 5.91 Å². The summed E-state index contributed by atoms with van der Waals surface area (Å²) in [5.74, 6) is -0.0869. The number of carbonyl (C=O) groups is 1. The van der Waals surface area contributed by atoms with Crippen LogP contribution in [0.15, 0.2) is 12.2 Å². The van der Waals surface area contributed by atoms with E-state index in [-0.39, 0.29) is 12.1 Å². The van der Waals surface area contributed by atoms with Crippen molar-refractivity contribution in [3.8, 4) is 0 Å². The summed E-state index contributed by atoms with van der Waals surface area (Å²) in [6.45, 7) is 7.88. The van der Waals surface area contributed by atoms with Crippen molar-refractivity contribution in [2.75, 3.05) is 19.6 Å². The molecule has 0 aromatic carbocycles. The molecule has 0 aliphatic carbocycles. The van der Waals surface area contributed by atoms with Crippen LogP contribution < -0.4 is 16.0 Å². The minimum absolute atomic E-state index is 0.0444. The first-order valence-electron chi connectivity index (χ1n) is 4.10. The van der Waals surface area contributed by atoms with E-state index in [1.165, 1.54) is 0 Å². The van der Waals surface area contributed by atoms with Gasteiger partial charge in [0.25, 0.3) is 0 Å². The first-order valence-corrected chi connectivity index (χ1v) is 4.10. The van der Waals surface area contributed by atoms with Gasteiger partial charge in [-0.15, -0.1) is 0 Å². The molecule has 0 aromatic rings. The number of carbonyl (C=O) groups excluding carboxylic acids is 1. The van der Waals surface area contributed by atoms with Gasteiger partial charge in [0.1, 0.15) is 0 Å². The Kier molecular flexibility index (Phi) is 3.25. The normalized spacial score (nSPS) is 23.2. The Morgan fingerprint density at radius 1 is 1.58 bits per heavy atom. The van der Waals surface area contributed by atoms with E-state index >= 15 is 0 Å². The minimum Gasteiger partial charge on any atom is -0.336 e. The zero-order chi connectivity index (χ0) is 8.97. The topological polar surface area (TPSA) is 53.2 Å². The second kappa shape index (κ2) is 4.23. The Balaban J connectivity index is 2.29. The molecule has 1 fully saturated rings. The fraction of sp³-hybridized carbons (Fsp3) is 0.625. The van der Waals surface area contributed by atoms with Crippen LogP contribution in [0.2, 0.25) is 0 Å². The molecule has 68 valence electrons. The van der Waals surface area contributed by atoms with Gasteiger partial charge in [0.2, 0.25) is 5.91 Å². The van der Waals surface area contributed by atoms with Crippen LogP contribution in [0, 0.1) is 0 Å². The summed E-state index contributed by atoms with van der Waals surface area (Å²) < 4.78 is 0. The Labute approximate surface area is 72.4 Å². The van der Waals surface area contributed by atoms with Gasteiger partial charge in [0.15, 0.2) is 0 Å². The lowest BCUT2D eigenvalue weighted by molar-refractivity contribution is -0.118. The van der Waals surface area contributed by atoms with Crippen molar-refractivity contribution in [3.63, 3.8) is 0 Å². The molecule has 1 aliphatic heterocycles. The van der Waals surface area contributed by atoms with Crippen molar-refractivity contribution < 1.29 is 4.79 Å². The molecule has 4 nitrogen and oxygen atoms in total. The fourth-order valence-electron chi connectivity index (χ4n) is 1.04. The lowest BCUT2D eigenvalue weighted by Gasteiger charge is -2.25. The molecule has 1 atom stereocenters. The maximum absolute atomic E-state index is 11.1. The molecule has 1 saturated heterocycles. The molecule has 0 saturated carbocycles. The molecular formula is C8H15N3O. The van der Waals surface area contributed by atoms with Gasteiger partial charge in [-0.25, -0.2) is 0 Å². The molecule has 0 radical (unpaired) electrons. The summed E-state index contributed by atoms with van der Waals surface area (Å²) in [6, 6.07) is 0. The monoisotopic (exact) mass is 169 g/mol. The highest BCUT2D eigenvalue weighted by atomic mass is 16.1. The smallest absolute Gasteiger partial charge is 0.247 e. The third-order valence-corrected chi connectivity index (χ3v) is 1.73. The van der Waals surface area contributed by atoms with Gasteiger partial charge >= 0.3 is 0 Å². The second-order valence-corrected chi connectivity index (χ2v) is 2.96. The third kappa shape index (κ3) is 2.64. The van der Waals surface area contributed by atoms with E-state index in [1.807, 2.05) is 0 Å². The van der Waals surface area contributed by atoms with Crippen LogP contribution in [0.1, 0.15) is 6.92 Å². The fourth-order valence-corrected chi connectivity index (χ4v) is 1.04. The molecule has 1 amide bonds. The van der Waals surface area contributed by atoms with Gasteiger partial charge in [-0.05, 0) is 6.92 Å². The molecule has 1 rings (SSSR count).